The van der Waals surface area contributed by atoms with E-state index >= 15 is 0 Å². The Bertz CT molecular complexity index is 1720. The average Bonchev–Trinajstić information content (AvgIpc) is 2.96. The van der Waals surface area contributed by atoms with Gasteiger partial charge in [-0.15, -0.1) is 5.10 Å². The maximum absolute atomic E-state index is 13.7. The summed E-state index contributed by atoms with van der Waals surface area (Å²) in [6.07, 6.45) is 0.348. The molecule has 11 heteroatoms. The second-order valence-electron chi connectivity index (χ2n) is 10.1. The molecular formula is C32H28ClN3O7. The summed E-state index contributed by atoms with van der Waals surface area (Å²) in [6, 6.07) is 20.2. The molecular weight excluding hydrogens is 574 g/mol. The Kier molecular flexibility index (Phi) is 8.98. The van der Waals surface area contributed by atoms with E-state index in [1.165, 1.54) is 37.3 Å². The summed E-state index contributed by atoms with van der Waals surface area (Å²) in [4.78, 5) is 51.1. The van der Waals surface area contributed by atoms with Gasteiger partial charge < -0.3 is 19.9 Å². The molecule has 0 saturated carbocycles. The lowest BCUT2D eigenvalue weighted by Crippen LogP contribution is -2.40. The van der Waals surface area contributed by atoms with Crippen LogP contribution in [0.1, 0.15) is 45.7 Å². The summed E-state index contributed by atoms with van der Waals surface area (Å²) in [5.74, 6) is -1.79. The van der Waals surface area contributed by atoms with Crippen molar-refractivity contribution in [1.29, 1.82) is 0 Å². The Labute approximate surface area is 251 Å². The number of Topliss-reactive ketones (excluding diaryl/α,β-unsaturated/α-hetero) is 1. The molecule has 1 fully saturated rings. The molecule has 0 spiro atoms. The molecule has 220 valence electrons. The highest BCUT2D eigenvalue weighted by Gasteiger charge is 2.29. The van der Waals surface area contributed by atoms with Crippen LogP contribution in [0.25, 0.3) is 11.1 Å². The van der Waals surface area contributed by atoms with Crippen LogP contribution in [0.15, 0.2) is 83.7 Å². The van der Waals surface area contributed by atoms with E-state index in [1.54, 1.807) is 18.2 Å². The van der Waals surface area contributed by atoms with Gasteiger partial charge in [0.15, 0.2) is 5.78 Å². The number of hydrogen-bond donors (Lipinski definition) is 2. The highest BCUT2D eigenvalue weighted by Crippen LogP contribution is 2.34. The number of aromatic nitrogens is 2. The van der Waals surface area contributed by atoms with Crippen molar-refractivity contribution in [3.05, 3.63) is 111 Å². The van der Waals surface area contributed by atoms with Crippen LogP contribution in [-0.2, 0) is 16.0 Å². The Morgan fingerprint density at radius 3 is 2.40 bits per heavy atom. The number of aryl methyl sites for hydroxylation is 1. The number of carboxylic acids is 1. The van der Waals surface area contributed by atoms with Gasteiger partial charge in [-0.2, -0.15) is 0 Å². The first-order valence-electron chi connectivity index (χ1n) is 13.6. The van der Waals surface area contributed by atoms with Crippen molar-refractivity contribution in [3.8, 4) is 17.0 Å². The zero-order valence-corrected chi connectivity index (χ0v) is 23.9. The summed E-state index contributed by atoms with van der Waals surface area (Å²) in [6.45, 7) is 2.05. The number of ether oxygens (including phenoxy) is 2. The van der Waals surface area contributed by atoms with Crippen LogP contribution >= 0.6 is 11.6 Å². The smallest absolute Gasteiger partial charge is 0.335 e. The predicted octanol–water partition coefficient (Wildman–Crippen LogP) is 5.05. The van der Waals surface area contributed by atoms with Crippen molar-refractivity contribution in [2.45, 2.75) is 31.9 Å². The van der Waals surface area contributed by atoms with E-state index in [4.69, 9.17) is 21.1 Å². The molecule has 0 radical (unpaired) electrons. The van der Waals surface area contributed by atoms with Crippen molar-refractivity contribution >= 4 is 34.9 Å². The summed E-state index contributed by atoms with van der Waals surface area (Å²) < 4.78 is 12.5. The van der Waals surface area contributed by atoms with E-state index in [1.807, 2.05) is 30.3 Å². The molecule has 1 saturated heterocycles. The van der Waals surface area contributed by atoms with Crippen LogP contribution in [0.2, 0.25) is 5.02 Å². The molecule has 1 aromatic heterocycles. The molecule has 1 atom stereocenters. The fraction of sp³-hybridized carbons (Fsp3) is 0.219. The number of nitrogens with one attached hydrogen (secondary N) is 1. The standard InChI is InChI=1S/C32H28ClN3O7/c1-19(37)25-13-10-22(33)15-26(25)27-16-29(38)36(35-31(27)43-24-17-42-18-24)28(14-7-20-5-3-2-4-6-20)30(39)34-23-11-8-21(9-12-23)32(40)41/h2-6,8-13,15-16,24,28H,7,14,17-18H2,1H3,(H,34,39)(H,40,41)/t28-/m0/s1. The number of nitrogens with zero attached hydrogens (tertiary/aromatic N) is 2. The van der Waals surface area contributed by atoms with E-state index in [2.05, 4.69) is 10.4 Å². The van der Waals surface area contributed by atoms with Crippen LogP contribution in [0.4, 0.5) is 5.69 Å². The molecule has 2 N–H and O–H groups in total. The molecule has 0 unspecified atom stereocenters. The fourth-order valence-electron chi connectivity index (χ4n) is 4.68. The predicted molar refractivity (Wildman–Crippen MR) is 160 cm³/mol. The first-order valence-corrected chi connectivity index (χ1v) is 13.9. The molecule has 10 nitrogen and oxygen atoms in total. The molecule has 0 aliphatic carbocycles. The third-order valence-electron chi connectivity index (χ3n) is 7.01. The molecule has 4 aromatic rings. The van der Waals surface area contributed by atoms with Crippen LogP contribution in [-0.4, -0.2) is 51.9 Å². The van der Waals surface area contributed by atoms with Gasteiger partial charge in [0.2, 0.25) is 11.8 Å². The van der Waals surface area contributed by atoms with Gasteiger partial charge in [-0.05, 0) is 73.4 Å². The van der Waals surface area contributed by atoms with Crippen molar-refractivity contribution in [1.82, 2.24) is 9.78 Å². The van der Waals surface area contributed by atoms with Gasteiger partial charge in [0.25, 0.3) is 5.56 Å². The van der Waals surface area contributed by atoms with Crippen molar-refractivity contribution in [2.24, 2.45) is 0 Å². The maximum Gasteiger partial charge on any atom is 0.335 e. The molecule has 5 rings (SSSR count). The van der Waals surface area contributed by atoms with Gasteiger partial charge in [0.1, 0.15) is 12.1 Å². The molecule has 3 aromatic carbocycles. The second-order valence-corrected chi connectivity index (χ2v) is 10.5. The Hall–Kier alpha value is -4.80. The van der Waals surface area contributed by atoms with Crippen molar-refractivity contribution in [3.63, 3.8) is 0 Å². The Morgan fingerprint density at radius 2 is 1.77 bits per heavy atom. The number of carbonyl (C=O) groups is 3. The number of benzene rings is 3. The van der Waals surface area contributed by atoms with Gasteiger partial charge in [-0.25, -0.2) is 9.48 Å². The van der Waals surface area contributed by atoms with Crippen LogP contribution in [0.3, 0.4) is 0 Å². The quantitative estimate of drug-likeness (QED) is 0.228. The van der Waals surface area contributed by atoms with E-state index in [9.17, 15) is 24.3 Å². The molecule has 1 aliphatic rings. The summed E-state index contributed by atoms with van der Waals surface area (Å²) >= 11 is 6.27. The van der Waals surface area contributed by atoms with Gasteiger partial charge in [-0.1, -0.05) is 41.9 Å². The van der Waals surface area contributed by atoms with E-state index < -0.39 is 23.5 Å². The van der Waals surface area contributed by atoms with E-state index in [-0.39, 0.29) is 35.3 Å². The van der Waals surface area contributed by atoms with Gasteiger partial charge in [0.05, 0.1) is 24.3 Å². The maximum atomic E-state index is 13.7. The number of hydrogen-bond acceptors (Lipinski definition) is 7. The van der Waals surface area contributed by atoms with Crippen molar-refractivity contribution < 1.29 is 29.0 Å². The Morgan fingerprint density at radius 1 is 1.05 bits per heavy atom. The zero-order chi connectivity index (χ0) is 30.5. The van der Waals surface area contributed by atoms with E-state index in [0.717, 1.165) is 10.2 Å². The summed E-state index contributed by atoms with van der Waals surface area (Å²) in [5, 5.41) is 16.9. The van der Waals surface area contributed by atoms with Crippen LogP contribution in [0.5, 0.6) is 5.88 Å². The van der Waals surface area contributed by atoms with Crippen LogP contribution < -0.4 is 15.6 Å². The zero-order valence-electron chi connectivity index (χ0n) is 23.2. The summed E-state index contributed by atoms with van der Waals surface area (Å²) in [5.41, 5.74) is 1.79. The minimum absolute atomic E-state index is 0.0565. The summed E-state index contributed by atoms with van der Waals surface area (Å²) in [7, 11) is 0. The van der Waals surface area contributed by atoms with Gasteiger partial charge in [-0.3, -0.25) is 14.4 Å². The van der Waals surface area contributed by atoms with Crippen molar-refractivity contribution in [2.75, 3.05) is 18.5 Å². The van der Waals surface area contributed by atoms with Gasteiger partial charge >= 0.3 is 5.97 Å². The number of aromatic carboxylic acids is 1. The second kappa shape index (κ2) is 13.0. The molecule has 0 bridgehead atoms. The lowest BCUT2D eigenvalue weighted by atomic mass is 9.98. The third-order valence-corrected chi connectivity index (χ3v) is 7.24. The van der Waals surface area contributed by atoms with Crippen LogP contribution in [0, 0.1) is 0 Å². The number of carboxylic acid groups (broad SMARTS) is 1. The molecule has 2 heterocycles. The van der Waals surface area contributed by atoms with Gasteiger partial charge in [0, 0.05) is 22.3 Å². The number of rotatable bonds is 11. The number of anilines is 1. The SMILES string of the molecule is CC(=O)c1ccc(Cl)cc1-c1cc(=O)n([C@@H](CCc2ccccc2)C(=O)Nc2ccc(C(=O)O)cc2)nc1OC1COC1. The fourth-order valence-corrected chi connectivity index (χ4v) is 4.85. The van der Waals surface area contributed by atoms with E-state index in [0.29, 0.717) is 41.5 Å². The molecule has 43 heavy (non-hydrogen) atoms. The molecule has 1 aliphatic heterocycles. The third kappa shape index (κ3) is 6.99. The number of halogens is 1. The number of ketones is 1. The largest absolute Gasteiger partial charge is 0.478 e. The lowest BCUT2D eigenvalue weighted by Gasteiger charge is -2.28. The minimum Gasteiger partial charge on any atom is -0.478 e. The lowest BCUT2D eigenvalue weighted by molar-refractivity contribution is -0.119. The minimum atomic E-state index is -1.09. The highest BCUT2D eigenvalue weighted by atomic mass is 35.5. The number of carbonyl (C=O) groups excluding carboxylic acids is 2. The first-order chi connectivity index (χ1) is 20.7. The normalized spacial score (nSPS) is 13.5. The molecule has 1 amide bonds. The Balaban J connectivity index is 1.57. The highest BCUT2D eigenvalue weighted by molar-refractivity contribution is 6.31. The first kappa shape index (κ1) is 29.7. The topological polar surface area (TPSA) is 137 Å². The monoisotopic (exact) mass is 601 g/mol. The average molecular weight is 602 g/mol. The number of amides is 1.